The Morgan fingerprint density at radius 2 is 1.80 bits per heavy atom. The number of para-hydroxylation sites is 2. The van der Waals surface area contributed by atoms with Crippen molar-refractivity contribution in [3.8, 4) is 0 Å². The number of amides is 2. The molecule has 2 aromatic carbocycles. The standard InChI is InChI=1S/C27H30N6O2/c1-19(2)14-16-29-27(35)26(21-10-8-15-28-17-21)33(23-12-6-4-9-20(23)3)25(34)18-32-24-13-7-5-11-22(24)30-31-32/h4-13,15,17,19,26H,14,16,18H2,1-3H3,(H,29,35)/t26-/m0/s1. The van der Waals surface area contributed by atoms with E-state index in [1.54, 1.807) is 28.0 Å². The fraction of sp³-hybridized carbons (Fsp3) is 0.296. The highest BCUT2D eigenvalue weighted by Gasteiger charge is 2.34. The van der Waals surface area contributed by atoms with Crippen molar-refractivity contribution in [2.45, 2.75) is 39.8 Å². The molecule has 0 fully saturated rings. The summed E-state index contributed by atoms with van der Waals surface area (Å²) in [5.74, 6) is -0.0802. The van der Waals surface area contributed by atoms with Gasteiger partial charge in [0.15, 0.2) is 0 Å². The third-order valence-corrected chi connectivity index (χ3v) is 5.88. The van der Waals surface area contributed by atoms with Crippen molar-refractivity contribution in [2.75, 3.05) is 11.4 Å². The van der Waals surface area contributed by atoms with E-state index in [0.29, 0.717) is 29.2 Å². The molecular weight excluding hydrogens is 440 g/mol. The van der Waals surface area contributed by atoms with Crippen LogP contribution in [0.15, 0.2) is 73.1 Å². The third kappa shape index (κ3) is 5.54. The second kappa shape index (κ2) is 10.9. The van der Waals surface area contributed by atoms with Gasteiger partial charge in [0, 0.05) is 30.2 Å². The van der Waals surface area contributed by atoms with E-state index >= 15 is 0 Å². The van der Waals surface area contributed by atoms with Gasteiger partial charge in [0.05, 0.1) is 5.52 Å². The van der Waals surface area contributed by atoms with Gasteiger partial charge in [-0.15, -0.1) is 5.10 Å². The molecule has 0 bridgehead atoms. The molecule has 1 N–H and O–H groups in total. The van der Waals surface area contributed by atoms with E-state index in [9.17, 15) is 9.59 Å². The van der Waals surface area contributed by atoms with Crippen LogP contribution in [0.25, 0.3) is 11.0 Å². The van der Waals surface area contributed by atoms with Gasteiger partial charge in [-0.3, -0.25) is 19.5 Å². The van der Waals surface area contributed by atoms with Crippen molar-refractivity contribution >= 4 is 28.5 Å². The van der Waals surface area contributed by atoms with E-state index in [1.807, 2.05) is 61.5 Å². The van der Waals surface area contributed by atoms with E-state index in [0.717, 1.165) is 17.5 Å². The summed E-state index contributed by atoms with van der Waals surface area (Å²) in [5.41, 5.74) is 3.64. The fourth-order valence-electron chi connectivity index (χ4n) is 4.03. The zero-order valence-electron chi connectivity index (χ0n) is 20.3. The third-order valence-electron chi connectivity index (χ3n) is 5.88. The number of nitrogens with zero attached hydrogens (tertiary/aromatic N) is 5. The molecule has 0 spiro atoms. The zero-order chi connectivity index (χ0) is 24.8. The molecule has 4 aromatic rings. The molecule has 2 heterocycles. The Labute approximate surface area is 205 Å². The van der Waals surface area contributed by atoms with E-state index in [1.165, 1.54) is 0 Å². The normalized spacial score (nSPS) is 12.0. The molecule has 0 aliphatic heterocycles. The van der Waals surface area contributed by atoms with Crippen LogP contribution in [0.3, 0.4) is 0 Å². The highest BCUT2D eigenvalue weighted by molar-refractivity contribution is 6.02. The molecule has 8 heteroatoms. The number of anilines is 1. The van der Waals surface area contributed by atoms with Crippen molar-refractivity contribution < 1.29 is 9.59 Å². The maximum absolute atomic E-state index is 13.9. The first-order valence-electron chi connectivity index (χ1n) is 11.8. The molecule has 0 saturated carbocycles. The molecule has 0 aliphatic carbocycles. The van der Waals surface area contributed by atoms with Crippen molar-refractivity contribution in [3.05, 3.63) is 84.2 Å². The summed E-state index contributed by atoms with van der Waals surface area (Å²) in [6, 6.07) is 17.8. The van der Waals surface area contributed by atoms with Gasteiger partial charge in [0.1, 0.15) is 18.1 Å². The molecule has 35 heavy (non-hydrogen) atoms. The Morgan fingerprint density at radius 1 is 1.03 bits per heavy atom. The van der Waals surface area contributed by atoms with Gasteiger partial charge in [-0.25, -0.2) is 4.68 Å². The van der Waals surface area contributed by atoms with E-state index in [2.05, 4.69) is 34.5 Å². The second-order valence-corrected chi connectivity index (χ2v) is 8.95. The number of carbonyl (C=O) groups excluding carboxylic acids is 2. The van der Waals surface area contributed by atoms with Gasteiger partial charge < -0.3 is 5.32 Å². The molecule has 8 nitrogen and oxygen atoms in total. The number of rotatable bonds is 9. The molecular formula is C27H30N6O2. The summed E-state index contributed by atoms with van der Waals surface area (Å²) < 4.78 is 1.57. The highest BCUT2D eigenvalue weighted by atomic mass is 16.2. The largest absolute Gasteiger partial charge is 0.354 e. The van der Waals surface area contributed by atoms with Crippen LogP contribution in [0.2, 0.25) is 0 Å². The first-order valence-corrected chi connectivity index (χ1v) is 11.8. The molecule has 4 rings (SSSR count). The second-order valence-electron chi connectivity index (χ2n) is 8.95. The molecule has 1 atom stereocenters. The summed E-state index contributed by atoms with van der Waals surface area (Å²) in [7, 11) is 0. The van der Waals surface area contributed by atoms with E-state index < -0.39 is 6.04 Å². The van der Waals surface area contributed by atoms with Crippen molar-refractivity contribution in [2.24, 2.45) is 5.92 Å². The lowest BCUT2D eigenvalue weighted by Crippen LogP contribution is -2.46. The van der Waals surface area contributed by atoms with Crippen LogP contribution < -0.4 is 10.2 Å². The van der Waals surface area contributed by atoms with Crippen molar-refractivity contribution in [1.29, 1.82) is 0 Å². The van der Waals surface area contributed by atoms with Gasteiger partial charge >= 0.3 is 0 Å². The maximum atomic E-state index is 13.9. The average Bonchev–Trinajstić information content (AvgIpc) is 3.26. The first kappa shape index (κ1) is 24.1. The van der Waals surface area contributed by atoms with Crippen LogP contribution in [0, 0.1) is 12.8 Å². The van der Waals surface area contributed by atoms with E-state index in [4.69, 9.17) is 0 Å². The Morgan fingerprint density at radius 3 is 2.54 bits per heavy atom. The summed E-state index contributed by atoms with van der Waals surface area (Å²) in [6.07, 6.45) is 4.13. The Bertz CT molecular complexity index is 1300. The number of fused-ring (bicyclic) bond motifs is 1. The molecule has 0 unspecified atom stereocenters. The predicted molar refractivity (Wildman–Crippen MR) is 136 cm³/mol. The lowest BCUT2D eigenvalue weighted by molar-refractivity contribution is -0.127. The number of carbonyl (C=O) groups is 2. The van der Waals surface area contributed by atoms with Gasteiger partial charge in [0.25, 0.3) is 0 Å². The number of pyridine rings is 1. The predicted octanol–water partition coefficient (Wildman–Crippen LogP) is 4.07. The van der Waals surface area contributed by atoms with Gasteiger partial charge in [-0.1, -0.05) is 55.5 Å². The zero-order valence-corrected chi connectivity index (χ0v) is 20.3. The number of aromatic nitrogens is 4. The lowest BCUT2D eigenvalue weighted by Gasteiger charge is -2.32. The first-order chi connectivity index (χ1) is 17.0. The highest BCUT2D eigenvalue weighted by Crippen LogP contribution is 2.30. The SMILES string of the molecule is Cc1ccccc1N(C(=O)Cn1nnc2ccccc21)[C@H](C(=O)NCCC(C)C)c1cccnc1. The maximum Gasteiger partial charge on any atom is 0.249 e. The number of nitrogens with one attached hydrogen (secondary N) is 1. The average molecular weight is 471 g/mol. The van der Waals surface area contributed by atoms with Crippen molar-refractivity contribution in [3.63, 3.8) is 0 Å². The van der Waals surface area contributed by atoms with Gasteiger partial charge in [0.2, 0.25) is 11.8 Å². The number of hydrogen-bond acceptors (Lipinski definition) is 5. The quantitative estimate of drug-likeness (QED) is 0.398. The topological polar surface area (TPSA) is 93.0 Å². The summed E-state index contributed by atoms with van der Waals surface area (Å²) in [6.45, 7) is 6.60. The Kier molecular flexibility index (Phi) is 7.50. The number of aryl methyl sites for hydroxylation is 1. The van der Waals surface area contributed by atoms with Crippen LogP contribution in [0.4, 0.5) is 5.69 Å². The van der Waals surface area contributed by atoms with Gasteiger partial charge in [-0.05, 0) is 49.1 Å². The smallest absolute Gasteiger partial charge is 0.249 e. The molecule has 180 valence electrons. The van der Waals surface area contributed by atoms with Crippen molar-refractivity contribution in [1.82, 2.24) is 25.3 Å². The van der Waals surface area contributed by atoms with Crippen LogP contribution in [0.1, 0.15) is 37.4 Å². The molecule has 0 saturated heterocycles. The van der Waals surface area contributed by atoms with E-state index in [-0.39, 0.29) is 18.4 Å². The lowest BCUT2D eigenvalue weighted by atomic mass is 10.0. The van der Waals surface area contributed by atoms with Crippen LogP contribution in [0.5, 0.6) is 0 Å². The molecule has 0 radical (unpaired) electrons. The Balaban J connectivity index is 1.76. The molecule has 2 aromatic heterocycles. The number of benzene rings is 2. The minimum absolute atomic E-state index is 0.0646. The molecule has 0 aliphatic rings. The summed E-state index contributed by atoms with van der Waals surface area (Å²) in [4.78, 5) is 33.3. The minimum Gasteiger partial charge on any atom is -0.354 e. The number of hydrogen-bond donors (Lipinski definition) is 1. The Hall–Kier alpha value is -4.07. The summed E-state index contributed by atoms with van der Waals surface area (Å²) in [5, 5.41) is 11.4. The summed E-state index contributed by atoms with van der Waals surface area (Å²) >= 11 is 0. The molecule has 2 amide bonds. The van der Waals surface area contributed by atoms with Gasteiger partial charge in [-0.2, -0.15) is 0 Å². The van der Waals surface area contributed by atoms with Crippen LogP contribution >= 0.6 is 0 Å². The fourth-order valence-corrected chi connectivity index (χ4v) is 4.03. The monoisotopic (exact) mass is 470 g/mol. The van der Waals surface area contributed by atoms with Crippen LogP contribution in [-0.2, 0) is 16.1 Å². The van der Waals surface area contributed by atoms with Crippen LogP contribution in [-0.4, -0.2) is 38.3 Å². The minimum atomic E-state index is -0.890.